The van der Waals surface area contributed by atoms with Gasteiger partial charge in [-0.25, -0.2) is 0 Å². The van der Waals surface area contributed by atoms with E-state index in [-0.39, 0.29) is 11.5 Å². The topological polar surface area (TPSA) is 74.9 Å². The second kappa shape index (κ2) is 10.1. The van der Waals surface area contributed by atoms with Crippen LogP contribution in [0.25, 0.3) is 0 Å². The second-order valence-corrected chi connectivity index (χ2v) is 12.0. The van der Waals surface area contributed by atoms with Gasteiger partial charge in [0.15, 0.2) is 11.5 Å². The van der Waals surface area contributed by atoms with Crippen LogP contribution in [0.3, 0.4) is 0 Å². The number of fused-ring (bicyclic) bond motifs is 2. The molecular weight excluding hydrogens is 478 g/mol. The molecule has 1 fully saturated rings. The van der Waals surface area contributed by atoms with Gasteiger partial charge in [0.1, 0.15) is 0 Å². The smallest absolute Gasteiger partial charge is 0.254 e. The lowest BCUT2D eigenvalue weighted by Crippen LogP contribution is -2.39. The fourth-order valence-electron chi connectivity index (χ4n) is 6.45. The van der Waals surface area contributed by atoms with Crippen molar-refractivity contribution >= 4 is 5.91 Å². The molecule has 1 aliphatic carbocycles. The summed E-state index contributed by atoms with van der Waals surface area (Å²) >= 11 is 0. The first-order chi connectivity index (χ1) is 18.0. The van der Waals surface area contributed by atoms with Crippen LogP contribution < -0.4 is 15.0 Å². The molecule has 38 heavy (non-hydrogen) atoms. The lowest BCUT2D eigenvalue weighted by Gasteiger charge is -2.32. The van der Waals surface area contributed by atoms with Crippen molar-refractivity contribution < 1.29 is 14.3 Å². The van der Waals surface area contributed by atoms with E-state index in [1.807, 2.05) is 38.7 Å². The van der Waals surface area contributed by atoms with E-state index in [0.29, 0.717) is 30.6 Å². The summed E-state index contributed by atoms with van der Waals surface area (Å²) in [5, 5.41) is 0. The van der Waals surface area contributed by atoms with Crippen molar-refractivity contribution in [2.24, 2.45) is 0 Å². The molecule has 0 bridgehead atoms. The Morgan fingerprint density at radius 1 is 1.16 bits per heavy atom. The fourth-order valence-corrected chi connectivity index (χ4v) is 6.45. The number of pyridine rings is 1. The van der Waals surface area contributed by atoms with Crippen molar-refractivity contribution in [1.29, 1.82) is 0 Å². The third-order valence-electron chi connectivity index (χ3n) is 8.76. The molecule has 0 radical (unpaired) electrons. The summed E-state index contributed by atoms with van der Waals surface area (Å²) in [6.07, 6.45) is 7.04. The van der Waals surface area contributed by atoms with Gasteiger partial charge in [0, 0.05) is 53.9 Å². The number of aromatic amines is 1. The lowest BCUT2D eigenvalue weighted by atomic mass is 9.87. The van der Waals surface area contributed by atoms with Gasteiger partial charge in [-0.2, -0.15) is 0 Å². The number of aromatic nitrogens is 1. The van der Waals surface area contributed by atoms with Crippen LogP contribution in [0.4, 0.5) is 0 Å². The van der Waals surface area contributed by atoms with E-state index < -0.39 is 5.79 Å². The molecule has 7 nitrogen and oxygen atoms in total. The minimum Gasteiger partial charge on any atom is -0.448 e. The molecule has 1 saturated carbocycles. The number of nitrogens with zero attached hydrogens (tertiary/aromatic N) is 2. The molecule has 2 aliphatic heterocycles. The Balaban J connectivity index is 1.43. The maximum Gasteiger partial charge on any atom is 0.254 e. The van der Waals surface area contributed by atoms with Crippen LogP contribution in [-0.4, -0.2) is 53.2 Å². The molecule has 1 N–H and O–H groups in total. The average Bonchev–Trinajstić information content (AvgIpc) is 3.61. The number of H-pyrrole nitrogens is 1. The molecule has 2 aromatic rings. The summed E-state index contributed by atoms with van der Waals surface area (Å²) in [6, 6.07) is 2.52. The monoisotopic (exact) mass is 521 g/mol. The molecule has 0 spiro atoms. The van der Waals surface area contributed by atoms with Crippen LogP contribution in [0.1, 0.15) is 102 Å². The number of carbonyl (C=O) groups is 1. The zero-order valence-electron chi connectivity index (χ0n) is 24.1. The number of rotatable bonds is 9. The van der Waals surface area contributed by atoms with Crippen LogP contribution in [0, 0.1) is 20.8 Å². The number of carbonyl (C=O) groups excluding carboxylic acids is 1. The lowest BCUT2D eigenvalue weighted by molar-refractivity contribution is -0.0709. The number of aryl methyl sites for hydroxylation is 2. The van der Waals surface area contributed by atoms with E-state index in [2.05, 4.69) is 30.9 Å². The first kappa shape index (κ1) is 26.8. The largest absolute Gasteiger partial charge is 0.448 e. The van der Waals surface area contributed by atoms with Crippen LogP contribution in [0.5, 0.6) is 11.5 Å². The molecule has 2 unspecified atom stereocenters. The van der Waals surface area contributed by atoms with Gasteiger partial charge in [-0.1, -0.05) is 6.92 Å². The SMILES string of the molecule is CCC(CCCC1(C)Oc2c(C)c3c(c(C4CC4)c2O1)CCN(Cc1c(C)cc(C)[nH]c1=O)C3=O)N(C)C. The second-order valence-electron chi connectivity index (χ2n) is 12.0. The highest BCUT2D eigenvalue weighted by Gasteiger charge is 2.46. The van der Waals surface area contributed by atoms with Crippen molar-refractivity contribution in [3.05, 3.63) is 55.5 Å². The Bertz CT molecular complexity index is 1310. The molecule has 1 aromatic heterocycles. The average molecular weight is 522 g/mol. The highest BCUT2D eigenvalue weighted by atomic mass is 16.7. The summed E-state index contributed by atoms with van der Waals surface area (Å²) in [5.41, 5.74) is 6.24. The summed E-state index contributed by atoms with van der Waals surface area (Å²) in [7, 11) is 4.28. The quantitative estimate of drug-likeness (QED) is 0.480. The van der Waals surface area contributed by atoms with Gasteiger partial charge in [-0.05, 0) is 96.5 Å². The molecule has 0 saturated heterocycles. The van der Waals surface area contributed by atoms with Gasteiger partial charge in [-0.15, -0.1) is 0 Å². The van der Waals surface area contributed by atoms with E-state index >= 15 is 0 Å². The van der Waals surface area contributed by atoms with Crippen LogP contribution in [0.15, 0.2) is 10.9 Å². The van der Waals surface area contributed by atoms with Crippen LogP contribution in [0.2, 0.25) is 0 Å². The zero-order chi connectivity index (χ0) is 27.4. The van der Waals surface area contributed by atoms with Crippen LogP contribution in [-0.2, 0) is 13.0 Å². The minimum atomic E-state index is -0.722. The number of nitrogens with one attached hydrogen (secondary N) is 1. The number of hydrogen-bond acceptors (Lipinski definition) is 5. The van der Waals surface area contributed by atoms with E-state index in [4.69, 9.17) is 9.47 Å². The minimum absolute atomic E-state index is 0.0122. The van der Waals surface area contributed by atoms with Crippen LogP contribution >= 0.6 is 0 Å². The highest BCUT2D eigenvalue weighted by Crippen LogP contribution is 2.56. The first-order valence-corrected chi connectivity index (χ1v) is 14.3. The van der Waals surface area contributed by atoms with Crippen molar-refractivity contribution in [3.8, 4) is 11.5 Å². The Hall–Kier alpha value is -2.80. The molecule has 7 heteroatoms. The molecule has 1 amide bonds. The highest BCUT2D eigenvalue weighted by molar-refractivity contribution is 6.00. The molecule has 1 aromatic carbocycles. The van der Waals surface area contributed by atoms with Gasteiger partial charge in [-0.3, -0.25) is 9.59 Å². The van der Waals surface area contributed by atoms with E-state index in [1.54, 1.807) is 0 Å². The standard InChI is InChI=1S/C31H43N3O4/c1-8-22(33(6)7)10-9-14-31(5)37-27-20(4)25-23(26(21-11-12-21)28(27)38-31)13-15-34(30(25)36)17-24-18(2)16-19(3)32-29(24)35/h16,21-22H,8-15,17H2,1-7H3,(H,32,35). The first-order valence-electron chi connectivity index (χ1n) is 14.3. The predicted molar refractivity (Wildman–Crippen MR) is 149 cm³/mol. The predicted octanol–water partition coefficient (Wildman–Crippen LogP) is 5.37. The third kappa shape index (κ3) is 4.86. The van der Waals surface area contributed by atoms with Gasteiger partial charge in [0.05, 0.1) is 6.54 Å². The number of benzene rings is 1. The normalized spacial score (nSPS) is 21.3. The summed E-state index contributed by atoms with van der Waals surface area (Å²) in [5.74, 6) is 1.32. The number of hydrogen-bond donors (Lipinski definition) is 1. The Morgan fingerprint density at radius 2 is 1.87 bits per heavy atom. The van der Waals surface area contributed by atoms with E-state index in [1.165, 1.54) is 5.56 Å². The molecule has 3 heterocycles. The maximum absolute atomic E-state index is 13.9. The molecule has 3 aliphatic rings. The van der Waals surface area contributed by atoms with E-state index in [0.717, 1.165) is 84.4 Å². The van der Waals surface area contributed by atoms with Crippen molar-refractivity contribution in [2.75, 3.05) is 20.6 Å². The van der Waals surface area contributed by atoms with Crippen molar-refractivity contribution in [3.63, 3.8) is 0 Å². The molecule has 2 atom stereocenters. The Morgan fingerprint density at radius 3 is 2.50 bits per heavy atom. The van der Waals surface area contributed by atoms with Gasteiger partial charge >= 0.3 is 0 Å². The summed E-state index contributed by atoms with van der Waals surface area (Å²) in [4.78, 5) is 33.6. The fraction of sp³-hybridized carbons (Fsp3) is 0.613. The van der Waals surface area contributed by atoms with E-state index in [9.17, 15) is 9.59 Å². The van der Waals surface area contributed by atoms with Gasteiger partial charge in [0.2, 0.25) is 5.79 Å². The van der Waals surface area contributed by atoms with Crippen molar-refractivity contribution in [1.82, 2.24) is 14.8 Å². The maximum atomic E-state index is 13.9. The molecule has 5 rings (SSSR count). The number of amides is 1. The molecule has 206 valence electrons. The summed E-state index contributed by atoms with van der Waals surface area (Å²) < 4.78 is 13.2. The summed E-state index contributed by atoms with van der Waals surface area (Å²) in [6.45, 7) is 11.0. The third-order valence-corrected chi connectivity index (χ3v) is 8.76. The van der Waals surface area contributed by atoms with Crippen molar-refractivity contribution in [2.45, 2.75) is 104 Å². The number of ether oxygens (including phenoxy) is 2. The molecular formula is C31H43N3O4. The Labute approximate surface area is 226 Å². The van der Waals surface area contributed by atoms with Gasteiger partial charge in [0.25, 0.3) is 11.5 Å². The van der Waals surface area contributed by atoms with Gasteiger partial charge < -0.3 is 24.3 Å². The zero-order valence-corrected chi connectivity index (χ0v) is 24.1. The Kier molecular flexibility index (Phi) is 7.10.